The molecule has 0 fully saturated rings. The number of furan rings is 1. The van der Waals surface area contributed by atoms with Crippen LogP contribution >= 0.6 is 0 Å². The molecule has 0 aliphatic heterocycles. The van der Waals surface area contributed by atoms with Gasteiger partial charge in [0.25, 0.3) is 0 Å². The van der Waals surface area contributed by atoms with Gasteiger partial charge in [-0.05, 0) is 132 Å². The summed E-state index contributed by atoms with van der Waals surface area (Å²) < 4.78 is 6.23. The van der Waals surface area contributed by atoms with Crippen LogP contribution in [0.4, 0.5) is 17.1 Å². The van der Waals surface area contributed by atoms with Crippen LogP contribution in [-0.2, 0) is 10.8 Å². The molecule has 3 aliphatic carbocycles. The van der Waals surface area contributed by atoms with E-state index in [4.69, 9.17) is 4.42 Å². The lowest BCUT2D eigenvalue weighted by Gasteiger charge is -2.35. The maximum absolute atomic E-state index is 6.23. The lowest BCUT2D eigenvalue weighted by atomic mass is 9.68. The highest BCUT2D eigenvalue weighted by Crippen LogP contribution is 2.65. The lowest BCUT2D eigenvalue weighted by Crippen LogP contribution is -2.28. The molecule has 326 valence electrons. The second-order valence-electron chi connectivity index (χ2n) is 19.0. The fourth-order valence-electron chi connectivity index (χ4n) is 13.0. The van der Waals surface area contributed by atoms with Gasteiger partial charge in [0.15, 0.2) is 0 Å². The summed E-state index contributed by atoms with van der Waals surface area (Å²) in [5.41, 5.74) is 24.6. The van der Waals surface area contributed by atoms with Gasteiger partial charge in [-0.2, -0.15) is 0 Å². The predicted molar refractivity (Wildman–Crippen MR) is 287 cm³/mol. The number of anilines is 3. The summed E-state index contributed by atoms with van der Waals surface area (Å²) in [6, 6.07) is 96.8. The molecule has 70 heavy (non-hydrogen) atoms. The van der Waals surface area contributed by atoms with Gasteiger partial charge in [0.05, 0.1) is 16.5 Å². The molecule has 0 radical (unpaired) electrons. The number of para-hydroxylation sites is 1. The van der Waals surface area contributed by atoms with Gasteiger partial charge in [0.2, 0.25) is 0 Å². The third kappa shape index (κ3) is 5.17. The third-order valence-corrected chi connectivity index (χ3v) is 15.8. The Morgan fingerprint density at radius 1 is 0.286 bits per heavy atom. The van der Waals surface area contributed by atoms with E-state index in [2.05, 4.69) is 254 Å². The molecule has 0 bridgehead atoms. The first-order valence-corrected chi connectivity index (χ1v) is 24.3. The second kappa shape index (κ2) is 14.8. The van der Waals surface area contributed by atoms with Crippen molar-refractivity contribution in [2.75, 3.05) is 4.90 Å². The zero-order valence-corrected chi connectivity index (χ0v) is 38.2. The molecule has 11 aromatic carbocycles. The maximum Gasteiger partial charge on any atom is 0.135 e. The van der Waals surface area contributed by atoms with Crippen molar-refractivity contribution in [2.45, 2.75) is 10.8 Å². The van der Waals surface area contributed by atoms with Gasteiger partial charge >= 0.3 is 0 Å². The zero-order chi connectivity index (χ0) is 46.0. The average Bonchev–Trinajstić information content (AvgIpc) is 4.15. The van der Waals surface area contributed by atoms with Crippen molar-refractivity contribution in [1.82, 2.24) is 0 Å². The van der Waals surface area contributed by atoms with E-state index in [0.29, 0.717) is 0 Å². The summed E-state index contributed by atoms with van der Waals surface area (Å²) in [5.74, 6) is 0. The molecule has 0 amide bonds. The molecule has 0 saturated heterocycles. The van der Waals surface area contributed by atoms with Crippen LogP contribution < -0.4 is 4.90 Å². The number of rotatable bonds is 6. The van der Waals surface area contributed by atoms with Crippen LogP contribution in [0, 0.1) is 0 Å². The molecular weight excluding hydrogens is 847 g/mol. The molecule has 1 spiro atoms. The Morgan fingerprint density at radius 2 is 0.729 bits per heavy atom. The average molecular weight is 890 g/mol. The Hall–Kier alpha value is -8.98. The highest BCUT2D eigenvalue weighted by Gasteiger charge is 2.52. The van der Waals surface area contributed by atoms with Crippen molar-refractivity contribution in [3.8, 4) is 44.5 Å². The number of hydrogen-bond donors (Lipinski definition) is 0. The van der Waals surface area contributed by atoms with Crippen LogP contribution in [-0.4, -0.2) is 0 Å². The quantitative estimate of drug-likeness (QED) is 0.165. The van der Waals surface area contributed by atoms with E-state index in [1.807, 2.05) is 12.1 Å². The van der Waals surface area contributed by atoms with Crippen LogP contribution in [0.1, 0.15) is 44.5 Å². The van der Waals surface area contributed by atoms with E-state index in [0.717, 1.165) is 50.1 Å². The number of fused-ring (bicyclic) bond motifs is 16. The van der Waals surface area contributed by atoms with Crippen LogP contribution in [0.3, 0.4) is 0 Å². The maximum atomic E-state index is 6.23. The first-order valence-electron chi connectivity index (χ1n) is 24.3. The molecule has 1 heterocycles. The minimum Gasteiger partial charge on any atom is -0.456 e. The first kappa shape index (κ1) is 39.1. The molecule has 3 aliphatic rings. The molecule has 0 unspecified atom stereocenters. The number of benzene rings is 11. The van der Waals surface area contributed by atoms with E-state index in [1.54, 1.807) is 0 Å². The standard InChI is InChI=1S/C68H43NO/c1-2-17-46(18-3-1)67(57-25-10-4-19-50(57)51-20-5-11-26-58(51)67)47-36-40-49(41-37-47)69(48-38-33-44(34-39-48)45-35-42-65-56(43-45)54-23-9-15-32-64(54)70-65)63-31-16-30-62-66(63)55-24-8-14-29-61(55)68(62)59-27-12-6-21-52(59)53-22-7-13-28-60(53)68/h1-43H. The van der Waals surface area contributed by atoms with Crippen LogP contribution in [0.2, 0.25) is 0 Å². The van der Waals surface area contributed by atoms with Gasteiger partial charge < -0.3 is 9.32 Å². The van der Waals surface area contributed by atoms with Gasteiger partial charge in [0.1, 0.15) is 11.2 Å². The largest absolute Gasteiger partial charge is 0.456 e. The molecule has 0 saturated carbocycles. The van der Waals surface area contributed by atoms with Crippen molar-refractivity contribution >= 4 is 39.0 Å². The first-order chi connectivity index (χ1) is 34.7. The molecule has 15 rings (SSSR count). The van der Waals surface area contributed by atoms with E-state index in [9.17, 15) is 0 Å². The summed E-state index contributed by atoms with van der Waals surface area (Å²) in [7, 11) is 0. The van der Waals surface area contributed by atoms with Gasteiger partial charge in [-0.15, -0.1) is 0 Å². The van der Waals surface area contributed by atoms with Gasteiger partial charge in [0, 0.05) is 27.7 Å². The lowest BCUT2D eigenvalue weighted by molar-refractivity contribution is 0.669. The second-order valence-corrected chi connectivity index (χ2v) is 19.0. The van der Waals surface area contributed by atoms with E-state index < -0.39 is 10.8 Å². The van der Waals surface area contributed by atoms with E-state index >= 15 is 0 Å². The van der Waals surface area contributed by atoms with Gasteiger partial charge in [-0.1, -0.05) is 212 Å². The number of hydrogen-bond acceptors (Lipinski definition) is 2. The number of nitrogens with zero attached hydrogens (tertiary/aromatic N) is 1. The molecule has 1 aromatic heterocycles. The van der Waals surface area contributed by atoms with E-state index in [-0.39, 0.29) is 0 Å². The molecule has 2 nitrogen and oxygen atoms in total. The predicted octanol–water partition coefficient (Wildman–Crippen LogP) is 17.4. The fraction of sp³-hybridized carbons (Fsp3) is 0.0294. The Balaban J connectivity index is 0.949. The summed E-state index contributed by atoms with van der Waals surface area (Å²) in [6.45, 7) is 0. The van der Waals surface area contributed by atoms with Crippen LogP contribution in [0.15, 0.2) is 265 Å². The summed E-state index contributed by atoms with van der Waals surface area (Å²) in [5, 5.41) is 2.26. The van der Waals surface area contributed by atoms with Crippen molar-refractivity contribution in [3.05, 3.63) is 305 Å². The Bertz CT molecular complexity index is 3970. The van der Waals surface area contributed by atoms with Crippen molar-refractivity contribution in [3.63, 3.8) is 0 Å². The molecule has 0 atom stereocenters. The SMILES string of the molecule is c1ccc(C2(c3ccc(N(c4ccc(-c5ccc6oc7ccccc7c6c5)cc4)c4cccc5c4-c4ccccc4C54c5ccccc5-c5ccccc54)cc3)c3ccccc3-c3ccccc32)cc1. The summed E-state index contributed by atoms with van der Waals surface area (Å²) >= 11 is 0. The summed E-state index contributed by atoms with van der Waals surface area (Å²) in [4.78, 5) is 2.49. The molecule has 2 heteroatoms. The summed E-state index contributed by atoms with van der Waals surface area (Å²) in [6.07, 6.45) is 0. The topological polar surface area (TPSA) is 16.4 Å². The zero-order valence-electron chi connectivity index (χ0n) is 38.2. The Labute approximate surface area is 407 Å². The highest BCUT2D eigenvalue weighted by molar-refractivity contribution is 6.06. The van der Waals surface area contributed by atoms with Gasteiger partial charge in [-0.25, -0.2) is 0 Å². The van der Waals surface area contributed by atoms with Crippen molar-refractivity contribution in [2.24, 2.45) is 0 Å². The van der Waals surface area contributed by atoms with Crippen molar-refractivity contribution < 1.29 is 4.42 Å². The normalized spacial score (nSPS) is 13.9. The minimum absolute atomic E-state index is 0.463. The van der Waals surface area contributed by atoms with Crippen LogP contribution in [0.5, 0.6) is 0 Å². The minimum atomic E-state index is -0.497. The van der Waals surface area contributed by atoms with Crippen LogP contribution in [0.25, 0.3) is 66.4 Å². The fourth-order valence-corrected chi connectivity index (χ4v) is 13.0. The smallest absolute Gasteiger partial charge is 0.135 e. The van der Waals surface area contributed by atoms with Crippen molar-refractivity contribution in [1.29, 1.82) is 0 Å². The molecule has 0 N–H and O–H groups in total. The van der Waals surface area contributed by atoms with Gasteiger partial charge in [-0.3, -0.25) is 0 Å². The van der Waals surface area contributed by atoms with E-state index in [1.165, 1.54) is 77.9 Å². The monoisotopic (exact) mass is 889 g/mol. The third-order valence-electron chi connectivity index (χ3n) is 15.8. The highest BCUT2D eigenvalue weighted by atomic mass is 16.3. The molecular formula is C68H43NO. The Morgan fingerprint density at radius 3 is 1.34 bits per heavy atom. The Kier molecular flexibility index (Phi) is 8.24. The molecule has 12 aromatic rings.